The van der Waals surface area contributed by atoms with E-state index in [9.17, 15) is 0 Å². The van der Waals surface area contributed by atoms with Crippen molar-refractivity contribution in [2.24, 2.45) is 0 Å². The SMILES string of the molecule is CC1(C)CCC(C)(C)c2cc(N3c4cc5c(cc4[SH]4c6ccccc6N(c6ccccc6)c6cccc3c64)C(C)(C)CCC5(C)C)ccc21. The van der Waals surface area contributed by atoms with Crippen molar-refractivity contribution in [2.45, 2.75) is 117 Å². The number of benzene rings is 5. The van der Waals surface area contributed by atoms with Crippen LogP contribution in [0.1, 0.15) is 103 Å². The van der Waals surface area contributed by atoms with Crippen LogP contribution < -0.4 is 9.80 Å². The van der Waals surface area contributed by atoms with Gasteiger partial charge in [0.1, 0.15) is 0 Å². The van der Waals surface area contributed by atoms with Crippen LogP contribution in [0.5, 0.6) is 0 Å². The molecule has 250 valence electrons. The summed E-state index contributed by atoms with van der Waals surface area (Å²) in [5.41, 5.74) is 14.5. The van der Waals surface area contributed by atoms with Crippen molar-refractivity contribution in [1.29, 1.82) is 0 Å². The first kappa shape index (κ1) is 31.1. The summed E-state index contributed by atoms with van der Waals surface area (Å²) in [7, 11) is -0.800. The molecule has 0 bridgehead atoms. The number of hydrogen-bond donors (Lipinski definition) is 1. The largest absolute Gasteiger partial charge is 0.308 e. The van der Waals surface area contributed by atoms with Crippen molar-refractivity contribution in [2.75, 3.05) is 9.80 Å². The number of rotatable bonds is 2. The fourth-order valence-corrected chi connectivity index (χ4v) is 12.2. The highest BCUT2D eigenvalue weighted by Gasteiger charge is 2.44. The topological polar surface area (TPSA) is 6.48 Å². The molecule has 0 saturated carbocycles. The predicted molar refractivity (Wildman–Crippen MR) is 210 cm³/mol. The quantitative estimate of drug-likeness (QED) is 0.184. The van der Waals surface area contributed by atoms with Crippen molar-refractivity contribution in [3.8, 4) is 0 Å². The van der Waals surface area contributed by atoms with Gasteiger partial charge in [-0.15, -0.1) is 0 Å². The average molecular weight is 663 g/mol. The molecule has 5 aromatic rings. The van der Waals surface area contributed by atoms with Gasteiger partial charge >= 0.3 is 0 Å². The Bertz CT molecular complexity index is 2150. The molecule has 2 nitrogen and oxygen atoms in total. The zero-order chi connectivity index (χ0) is 34.1. The molecule has 2 heterocycles. The number of hydrogen-bond acceptors (Lipinski definition) is 2. The number of nitrogens with zero attached hydrogens (tertiary/aromatic N) is 2. The lowest BCUT2D eigenvalue weighted by Gasteiger charge is -2.49. The molecule has 5 aromatic carbocycles. The van der Waals surface area contributed by atoms with Gasteiger partial charge in [-0.25, -0.2) is 0 Å². The molecule has 0 aromatic heterocycles. The van der Waals surface area contributed by atoms with E-state index in [1.807, 2.05) is 0 Å². The van der Waals surface area contributed by atoms with Gasteiger partial charge < -0.3 is 9.80 Å². The number of anilines is 6. The Morgan fingerprint density at radius 1 is 0.408 bits per heavy atom. The van der Waals surface area contributed by atoms with Crippen LogP contribution in [-0.4, -0.2) is 0 Å². The van der Waals surface area contributed by atoms with Crippen LogP contribution in [0.3, 0.4) is 0 Å². The predicted octanol–water partition coefficient (Wildman–Crippen LogP) is 13.4. The molecule has 0 saturated heterocycles. The second-order valence-corrected chi connectivity index (χ2v) is 19.7. The maximum absolute atomic E-state index is 2.67. The molecule has 9 rings (SSSR count). The third-order valence-electron chi connectivity index (χ3n) is 12.6. The molecule has 0 N–H and O–H groups in total. The second-order valence-electron chi connectivity index (χ2n) is 17.6. The summed E-state index contributed by atoms with van der Waals surface area (Å²) in [6, 6.07) is 40.0. The lowest BCUT2D eigenvalue weighted by Crippen LogP contribution is -2.35. The Labute approximate surface area is 296 Å². The van der Waals surface area contributed by atoms with E-state index in [4.69, 9.17) is 0 Å². The molecule has 0 amide bonds. The van der Waals surface area contributed by atoms with Gasteiger partial charge in [0.05, 0.1) is 22.7 Å². The van der Waals surface area contributed by atoms with Crippen LogP contribution in [-0.2, 0) is 21.7 Å². The maximum atomic E-state index is 2.67. The van der Waals surface area contributed by atoms with E-state index in [-0.39, 0.29) is 21.7 Å². The van der Waals surface area contributed by atoms with Crippen molar-refractivity contribution in [3.63, 3.8) is 0 Å². The van der Waals surface area contributed by atoms with Crippen molar-refractivity contribution < 1.29 is 0 Å². The normalized spacial score (nSPS) is 22.2. The van der Waals surface area contributed by atoms with Gasteiger partial charge in [0.25, 0.3) is 0 Å². The molecule has 0 fully saturated rings. The molecule has 2 aliphatic heterocycles. The van der Waals surface area contributed by atoms with Gasteiger partial charge in [-0.05, 0) is 130 Å². The van der Waals surface area contributed by atoms with Crippen LogP contribution in [0, 0.1) is 0 Å². The van der Waals surface area contributed by atoms with E-state index in [0.29, 0.717) is 0 Å². The van der Waals surface area contributed by atoms with E-state index in [2.05, 4.69) is 168 Å². The molecule has 0 spiro atoms. The van der Waals surface area contributed by atoms with Crippen molar-refractivity contribution >= 4 is 45.0 Å². The van der Waals surface area contributed by atoms with E-state index >= 15 is 0 Å². The zero-order valence-corrected chi connectivity index (χ0v) is 31.4. The highest BCUT2D eigenvalue weighted by atomic mass is 32.2. The number of para-hydroxylation sites is 2. The molecule has 2 aliphatic carbocycles. The second kappa shape index (κ2) is 10.3. The van der Waals surface area contributed by atoms with Gasteiger partial charge in [-0.3, -0.25) is 0 Å². The van der Waals surface area contributed by atoms with Crippen LogP contribution in [0.4, 0.5) is 34.1 Å². The molecular weight excluding hydrogens is 613 g/mol. The van der Waals surface area contributed by atoms with Gasteiger partial charge in [0, 0.05) is 26.1 Å². The lowest BCUT2D eigenvalue weighted by molar-refractivity contribution is 0.331. The Morgan fingerprint density at radius 2 is 0.918 bits per heavy atom. The summed E-state index contributed by atoms with van der Waals surface area (Å²) >= 11 is 0. The Balaban J connectivity index is 1.38. The van der Waals surface area contributed by atoms with E-state index in [1.54, 1.807) is 5.56 Å². The molecule has 0 radical (unpaired) electrons. The van der Waals surface area contributed by atoms with E-state index in [0.717, 1.165) is 0 Å². The smallest absolute Gasteiger partial charge is 0.0608 e. The van der Waals surface area contributed by atoms with Crippen LogP contribution in [0.2, 0.25) is 0 Å². The summed E-state index contributed by atoms with van der Waals surface area (Å²) in [6.07, 6.45) is 4.85. The average Bonchev–Trinajstić information content (AvgIpc) is 3.08. The van der Waals surface area contributed by atoms with Gasteiger partial charge in [0.2, 0.25) is 0 Å². The van der Waals surface area contributed by atoms with Gasteiger partial charge in [-0.2, -0.15) is 10.9 Å². The molecule has 3 heteroatoms. The summed E-state index contributed by atoms with van der Waals surface area (Å²) in [5, 5.41) is 0. The van der Waals surface area contributed by atoms with Crippen molar-refractivity contribution in [1.82, 2.24) is 0 Å². The molecule has 1 unspecified atom stereocenters. The minimum absolute atomic E-state index is 0.122. The first-order valence-corrected chi connectivity index (χ1v) is 19.6. The zero-order valence-electron chi connectivity index (χ0n) is 30.5. The lowest BCUT2D eigenvalue weighted by atomic mass is 9.63. The van der Waals surface area contributed by atoms with Crippen LogP contribution >= 0.6 is 10.9 Å². The van der Waals surface area contributed by atoms with E-state index < -0.39 is 10.9 Å². The Kier molecular flexibility index (Phi) is 6.53. The Hall–Kier alpha value is -3.95. The van der Waals surface area contributed by atoms with Crippen LogP contribution in [0.15, 0.2) is 118 Å². The standard InChI is InChI=1S/C46H50N2S/c1-43(2)23-24-44(3,4)33-27-31(21-22-32(33)43)48-38-19-14-18-37-42(38)49(40-20-13-12-17-36(40)47(37)30-15-10-9-11-16-30)41-29-35-34(28-39(41)48)45(5,6)25-26-46(35,7)8/h9-22,27-29,49H,23-26H2,1-8H3. The summed E-state index contributed by atoms with van der Waals surface area (Å²) in [4.78, 5) is 9.58. The highest BCUT2D eigenvalue weighted by molar-refractivity contribution is 8.17. The van der Waals surface area contributed by atoms with Crippen molar-refractivity contribution in [3.05, 3.63) is 125 Å². The fraction of sp³-hybridized carbons (Fsp3) is 0.348. The third-order valence-corrected chi connectivity index (χ3v) is 15.2. The minimum Gasteiger partial charge on any atom is -0.308 e. The summed E-state index contributed by atoms with van der Waals surface area (Å²) < 4.78 is 0. The monoisotopic (exact) mass is 662 g/mol. The fourth-order valence-electron chi connectivity index (χ4n) is 9.38. The minimum atomic E-state index is -0.800. The third kappa shape index (κ3) is 4.47. The number of fused-ring (bicyclic) bond motifs is 6. The molecule has 1 atom stereocenters. The first-order chi connectivity index (χ1) is 23.3. The van der Waals surface area contributed by atoms with Gasteiger partial charge in [0.15, 0.2) is 0 Å². The summed E-state index contributed by atoms with van der Waals surface area (Å²) in [6.45, 7) is 19.7. The van der Waals surface area contributed by atoms with Gasteiger partial charge in [-0.1, -0.05) is 97.9 Å². The Morgan fingerprint density at radius 3 is 1.57 bits per heavy atom. The van der Waals surface area contributed by atoms with E-state index in [1.165, 1.54) is 91.2 Å². The molecular formula is C46H50N2S. The summed E-state index contributed by atoms with van der Waals surface area (Å²) in [5.74, 6) is 0. The van der Waals surface area contributed by atoms with Crippen LogP contribution in [0.25, 0.3) is 0 Å². The number of thiol groups is 1. The maximum Gasteiger partial charge on any atom is 0.0608 e. The molecule has 4 aliphatic rings. The highest BCUT2D eigenvalue weighted by Crippen LogP contribution is 2.71. The molecule has 49 heavy (non-hydrogen) atoms. The first-order valence-electron chi connectivity index (χ1n) is 18.3.